The van der Waals surface area contributed by atoms with Gasteiger partial charge in [0, 0.05) is 28.7 Å². The summed E-state index contributed by atoms with van der Waals surface area (Å²) in [4.78, 5) is 0.631. The predicted octanol–water partition coefficient (Wildman–Crippen LogP) is 5.58. The Hall–Kier alpha value is -1.43. The zero-order valence-electron chi connectivity index (χ0n) is 16.2. The molecule has 0 spiro atoms. The van der Waals surface area contributed by atoms with Crippen molar-refractivity contribution in [2.45, 2.75) is 43.5 Å². The van der Waals surface area contributed by atoms with Crippen LogP contribution in [0.1, 0.15) is 37.0 Å². The minimum absolute atomic E-state index is 0.412. The zero-order chi connectivity index (χ0) is 20.0. The Morgan fingerprint density at radius 1 is 1.19 bits per heavy atom. The van der Waals surface area contributed by atoms with Gasteiger partial charge in [0.25, 0.3) is 0 Å². The van der Waals surface area contributed by atoms with Crippen LogP contribution in [0.4, 0.5) is 4.39 Å². The molecule has 2 rings (SSSR count). The highest BCUT2D eigenvalue weighted by molar-refractivity contribution is 7.86. The number of halogens is 2. The molecule has 0 saturated carbocycles. The van der Waals surface area contributed by atoms with E-state index in [4.69, 9.17) is 21.1 Å². The second-order valence-corrected chi connectivity index (χ2v) is 8.83. The molecule has 27 heavy (non-hydrogen) atoms. The monoisotopic (exact) mass is 412 g/mol. The molecule has 0 bridgehead atoms. The average Bonchev–Trinajstić information content (AvgIpc) is 2.67. The second-order valence-electron chi connectivity index (χ2n) is 6.48. The van der Waals surface area contributed by atoms with Crippen LogP contribution >= 0.6 is 11.6 Å². The lowest BCUT2D eigenvalue weighted by Gasteiger charge is -2.33. The van der Waals surface area contributed by atoms with Crippen LogP contribution in [0.5, 0.6) is 5.75 Å². The molecular weight excluding hydrogens is 387 g/mol. The molecule has 2 aromatic carbocycles. The van der Waals surface area contributed by atoms with Crippen LogP contribution in [-0.4, -0.2) is 24.5 Å². The molecule has 2 aromatic rings. The molecule has 0 N–H and O–H groups in total. The van der Waals surface area contributed by atoms with Gasteiger partial charge in [0.05, 0.1) is 22.7 Å². The summed E-state index contributed by atoms with van der Waals surface area (Å²) >= 11 is 5.98. The van der Waals surface area contributed by atoms with Gasteiger partial charge in [-0.2, -0.15) is 0 Å². The fraction of sp³-hybridized carbons (Fsp3) is 0.429. The van der Waals surface area contributed by atoms with E-state index in [0.29, 0.717) is 46.4 Å². The largest absolute Gasteiger partial charge is 0.496 e. The Balaban J connectivity index is 2.65. The molecule has 0 aromatic heterocycles. The Morgan fingerprint density at radius 3 is 2.41 bits per heavy atom. The lowest BCUT2D eigenvalue weighted by Crippen LogP contribution is -2.32. The summed E-state index contributed by atoms with van der Waals surface area (Å²) in [5.74, 6) is 0.575. The molecule has 2 unspecified atom stereocenters. The summed E-state index contributed by atoms with van der Waals surface area (Å²) in [5.41, 5.74) is 2.00. The van der Waals surface area contributed by atoms with Gasteiger partial charge >= 0.3 is 0 Å². The summed E-state index contributed by atoms with van der Waals surface area (Å²) in [6, 6.07) is 10.5. The third-order valence-electron chi connectivity index (χ3n) is 4.68. The van der Waals surface area contributed by atoms with Gasteiger partial charge in [0.2, 0.25) is 0 Å². The van der Waals surface area contributed by atoms with Crippen LogP contribution in [0.25, 0.3) is 0 Å². The van der Waals surface area contributed by atoms with Crippen LogP contribution in [0.2, 0.25) is 5.02 Å². The zero-order valence-corrected chi connectivity index (χ0v) is 17.8. The quantitative estimate of drug-likeness (QED) is 0.504. The Bertz CT molecular complexity index is 795. The van der Waals surface area contributed by atoms with Crippen molar-refractivity contribution in [3.8, 4) is 5.75 Å². The molecule has 0 fully saturated rings. The molecule has 3 nitrogen and oxygen atoms in total. The van der Waals surface area contributed by atoms with Gasteiger partial charge in [-0.15, -0.1) is 0 Å². The third-order valence-corrected chi connectivity index (χ3v) is 6.86. The van der Waals surface area contributed by atoms with Gasteiger partial charge in [-0.1, -0.05) is 23.7 Å². The molecule has 148 valence electrons. The summed E-state index contributed by atoms with van der Waals surface area (Å²) in [6.07, 6.45) is 0.461. The topological polar surface area (TPSA) is 35.5 Å². The number of rotatable bonds is 9. The van der Waals surface area contributed by atoms with Crippen molar-refractivity contribution in [2.24, 2.45) is 0 Å². The Kier molecular flexibility index (Phi) is 7.83. The molecule has 0 saturated heterocycles. The summed E-state index contributed by atoms with van der Waals surface area (Å²) in [7, 11) is 0.0907. The van der Waals surface area contributed by atoms with Crippen molar-refractivity contribution < 1.29 is 18.1 Å². The minimum atomic E-state index is -1.47. The molecular formula is C21H26ClFO3S. The van der Waals surface area contributed by atoms with Crippen molar-refractivity contribution in [3.63, 3.8) is 0 Å². The van der Waals surface area contributed by atoms with Crippen LogP contribution < -0.4 is 4.74 Å². The van der Waals surface area contributed by atoms with Crippen LogP contribution in [0.15, 0.2) is 41.3 Å². The molecule has 0 amide bonds. The highest BCUT2D eigenvalue weighted by Gasteiger charge is 2.39. The number of benzene rings is 2. The molecule has 0 radical (unpaired) electrons. The first kappa shape index (κ1) is 21.9. The van der Waals surface area contributed by atoms with Crippen LogP contribution in [-0.2, 0) is 27.0 Å². The molecule has 0 aliphatic heterocycles. The highest BCUT2D eigenvalue weighted by Crippen LogP contribution is 2.44. The second kappa shape index (κ2) is 9.67. The van der Waals surface area contributed by atoms with Crippen molar-refractivity contribution in [1.82, 2.24) is 0 Å². The third kappa shape index (κ3) is 4.71. The van der Waals surface area contributed by atoms with Gasteiger partial charge in [0.1, 0.15) is 12.4 Å². The molecule has 0 aliphatic carbocycles. The first-order valence-corrected chi connectivity index (χ1v) is 10.4. The van der Waals surface area contributed by atoms with Crippen molar-refractivity contribution in [3.05, 3.63) is 58.1 Å². The maximum absolute atomic E-state index is 13.9. The minimum Gasteiger partial charge on any atom is -0.496 e. The lowest BCUT2D eigenvalue weighted by atomic mass is 9.90. The standard InChI is InChI=1S/C21H26ClFO3S/c1-5-26-13-12-21(3,27(24)18-10-8-17(22)9-11-18)19-16(14-23)7-6-15(2)20(19)25-4/h6-11H,5,12-14H2,1-4H3. The Labute approximate surface area is 168 Å². The molecule has 6 heteroatoms. The van der Waals surface area contributed by atoms with Crippen LogP contribution in [0.3, 0.4) is 0 Å². The number of hydrogen-bond donors (Lipinski definition) is 0. The normalized spacial score (nSPS) is 14.6. The van der Waals surface area contributed by atoms with E-state index in [1.54, 1.807) is 37.4 Å². The molecule has 2 atom stereocenters. The number of aryl methyl sites for hydroxylation is 1. The van der Waals surface area contributed by atoms with E-state index in [-0.39, 0.29) is 0 Å². The van der Waals surface area contributed by atoms with Gasteiger partial charge in [-0.3, -0.25) is 4.21 Å². The van der Waals surface area contributed by atoms with Crippen molar-refractivity contribution in [1.29, 1.82) is 0 Å². The van der Waals surface area contributed by atoms with E-state index in [2.05, 4.69) is 0 Å². The van der Waals surface area contributed by atoms with Crippen molar-refractivity contribution >= 4 is 22.4 Å². The van der Waals surface area contributed by atoms with E-state index in [1.165, 1.54) is 0 Å². The van der Waals surface area contributed by atoms with E-state index < -0.39 is 22.2 Å². The fourth-order valence-electron chi connectivity index (χ4n) is 3.22. The average molecular weight is 413 g/mol. The summed E-state index contributed by atoms with van der Waals surface area (Å²) in [5, 5.41) is 0.573. The fourth-order valence-corrected chi connectivity index (χ4v) is 4.93. The first-order valence-electron chi connectivity index (χ1n) is 8.87. The number of alkyl halides is 1. The van der Waals surface area contributed by atoms with Crippen molar-refractivity contribution in [2.75, 3.05) is 20.3 Å². The van der Waals surface area contributed by atoms with E-state index in [9.17, 15) is 8.60 Å². The number of hydrogen-bond acceptors (Lipinski definition) is 3. The maximum atomic E-state index is 13.9. The maximum Gasteiger partial charge on any atom is 0.126 e. The molecule has 0 aliphatic rings. The number of ether oxygens (including phenoxy) is 2. The van der Waals surface area contributed by atoms with Gasteiger partial charge in [-0.05, 0) is 62.6 Å². The SMILES string of the molecule is CCOCCC(C)(c1c(CF)ccc(C)c1OC)S(=O)c1ccc(Cl)cc1. The summed E-state index contributed by atoms with van der Waals surface area (Å²) < 4.78 is 37.8. The number of methoxy groups -OCH3 is 1. The smallest absolute Gasteiger partial charge is 0.126 e. The van der Waals surface area contributed by atoms with Gasteiger partial charge in [0.15, 0.2) is 0 Å². The van der Waals surface area contributed by atoms with E-state index in [0.717, 1.165) is 5.56 Å². The van der Waals surface area contributed by atoms with Gasteiger partial charge < -0.3 is 9.47 Å². The highest BCUT2D eigenvalue weighted by atomic mass is 35.5. The van der Waals surface area contributed by atoms with Gasteiger partial charge in [-0.25, -0.2) is 4.39 Å². The van der Waals surface area contributed by atoms with Crippen LogP contribution in [0, 0.1) is 6.92 Å². The Morgan fingerprint density at radius 2 is 1.85 bits per heavy atom. The summed E-state index contributed by atoms with van der Waals surface area (Å²) in [6.45, 7) is 6.01. The van der Waals surface area contributed by atoms with E-state index in [1.807, 2.05) is 26.8 Å². The first-order chi connectivity index (χ1) is 12.9. The van der Waals surface area contributed by atoms with E-state index >= 15 is 0 Å². The predicted molar refractivity (Wildman–Crippen MR) is 109 cm³/mol. The lowest BCUT2D eigenvalue weighted by molar-refractivity contribution is 0.137. The molecule has 0 heterocycles.